The molecule has 1 heterocycles. The van der Waals surface area contributed by atoms with Gasteiger partial charge >= 0.3 is 0 Å². The van der Waals surface area contributed by atoms with Gasteiger partial charge in [-0.3, -0.25) is 4.79 Å². The van der Waals surface area contributed by atoms with Crippen LogP contribution in [0.5, 0.6) is 0 Å². The number of carbonyl (C=O) groups is 1. The average molecular weight is 244 g/mol. The molecule has 0 spiro atoms. The topological polar surface area (TPSA) is 55.1 Å². The second-order valence-corrected chi connectivity index (χ2v) is 4.42. The first kappa shape index (κ1) is 12.4. The van der Waals surface area contributed by atoms with E-state index in [1.54, 1.807) is 13.8 Å². The molecule has 0 aliphatic heterocycles. The van der Waals surface area contributed by atoms with Gasteiger partial charge in [-0.05, 0) is 32.4 Å². The fourth-order valence-corrected chi connectivity index (χ4v) is 1.87. The van der Waals surface area contributed by atoms with E-state index in [2.05, 4.69) is 10.3 Å². The lowest BCUT2D eigenvalue weighted by Gasteiger charge is -2.07. The summed E-state index contributed by atoms with van der Waals surface area (Å²) in [5.74, 6) is 0.505. The molecule has 0 saturated carbocycles. The molecule has 0 aliphatic carbocycles. The van der Waals surface area contributed by atoms with Crippen LogP contribution in [0, 0.1) is 27.7 Å². The van der Waals surface area contributed by atoms with Crippen molar-refractivity contribution in [2.24, 2.45) is 0 Å². The van der Waals surface area contributed by atoms with Gasteiger partial charge in [0.15, 0.2) is 5.89 Å². The molecule has 0 fully saturated rings. The van der Waals surface area contributed by atoms with Crippen molar-refractivity contribution in [1.29, 1.82) is 0 Å². The summed E-state index contributed by atoms with van der Waals surface area (Å²) in [6.07, 6.45) is 0. The molecule has 1 amide bonds. The van der Waals surface area contributed by atoms with Gasteiger partial charge in [-0.1, -0.05) is 17.7 Å². The maximum absolute atomic E-state index is 12.0. The first-order valence-corrected chi connectivity index (χ1v) is 5.80. The minimum atomic E-state index is -0.264. The third-order valence-corrected chi connectivity index (χ3v) is 2.74. The van der Waals surface area contributed by atoms with E-state index >= 15 is 0 Å². The van der Waals surface area contributed by atoms with E-state index in [0.29, 0.717) is 11.6 Å². The Hall–Kier alpha value is -2.10. The monoisotopic (exact) mass is 244 g/mol. The molecule has 1 aromatic carbocycles. The second kappa shape index (κ2) is 4.64. The summed E-state index contributed by atoms with van der Waals surface area (Å²) in [5, 5.41) is 2.84. The van der Waals surface area contributed by atoms with Crippen molar-refractivity contribution in [1.82, 2.24) is 4.98 Å². The van der Waals surface area contributed by atoms with Crippen molar-refractivity contribution in [2.45, 2.75) is 27.7 Å². The van der Waals surface area contributed by atoms with Crippen LogP contribution in [0.4, 0.5) is 5.69 Å². The number of aromatic nitrogens is 1. The smallest absolute Gasteiger partial charge is 0.293 e. The third-order valence-electron chi connectivity index (χ3n) is 2.74. The highest BCUT2D eigenvalue weighted by molar-refractivity contribution is 6.03. The molecule has 0 aliphatic rings. The predicted octanol–water partition coefficient (Wildman–Crippen LogP) is 3.16. The highest BCUT2D eigenvalue weighted by Gasteiger charge is 2.16. The van der Waals surface area contributed by atoms with Gasteiger partial charge in [0, 0.05) is 12.6 Å². The number of nitrogens with zero attached hydrogens (tertiary/aromatic N) is 1. The van der Waals surface area contributed by atoms with Crippen LogP contribution in [0.25, 0.3) is 0 Å². The Bertz CT molecular complexity index is 600. The number of oxazole rings is 1. The second-order valence-electron chi connectivity index (χ2n) is 4.42. The lowest BCUT2D eigenvalue weighted by Crippen LogP contribution is -2.13. The van der Waals surface area contributed by atoms with E-state index in [-0.39, 0.29) is 11.7 Å². The Kier molecular flexibility index (Phi) is 3.19. The first-order valence-electron chi connectivity index (χ1n) is 5.80. The van der Waals surface area contributed by atoms with Crippen LogP contribution in [0.2, 0.25) is 0 Å². The van der Waals surface area contributed by atoms with E-state index < -0.39 is 0 Å². The molecule has 2 aromatic rings. The van der Waals surface area contributed by atoms with Gasteiger partial charge in [-0.25, -0.2) is 4.98 Å². The summed E-state index contributed by atoms with van der Waals surface area (Å²) < 4.78 is 5.29. The summed E-state index contributed by atoms with van der Waals surface area (Å²) in [7, 11) is 0. The lowest BCUT2D eigenvalue weighted by molar-refractivity contribution is 0.0994. The van der Waals surface area contributed by atoms with E-state index in [0.717, 1.165) is 16.8 Å². The van der Waals surface area contributed by atoms with Gasteiger partial charge in [0.2, 0.25) is 5.76 Å². The quantitative estimate of drug-likeness (QED) is 0.882. The third kappa shape index (κ3) is 2.42. The fraction of sp³-hybridized carbons (Fsp3) is 0.286. The molecule has 2 rings (SSSR count). The molecule has 0 saturated heterocycles. The van der Waals surface area contributed by atoms with Crippen LogP contribution in [0.1, 0.15) is 33.3 Å². The Balaban J connectivity index is 2.24. The van der Waals surface area contributed by atoms with Crippen LogP contribution < -0.4 is 5.32 Å². The van der Waals surface area contributed by atoms with Gasteiger partial charge in [0.05, 0.1) is 5.69 Å². The molecular formula is C14H16N2O2. The van der Waals surface area contributed by atoms with E-state index in [1.165, 1.54) is 0 Å². The van der Waals surface area contributed by atoms with E-state index in [4.69, 9.17) is 4.42 Å². The first-order chi connectivity index (χ1) is 8.47. The zero-order chi connectivity index (χ0) is 13.3. The molecular weight excluding hydrogens is 228 g/mol. The van der Waals surface area contributed by atoms with Crippen molar-refractivity contribution in [3.63, 3.8) is 0 Å². The maximum atomic E-state index is 12.0. The molecule has 0 unspecified atom stereocenters. The largest absolute Gasteiger partial charge is 0.436 e. The van der Waals surface area contributed by atoms with Crippen LogP contribution >= 0.6 is 0 Å². The maximum Gasteiger partial charge on any atom is 0.293 e. The number of hydrogen-bond acceptors (Lipinski definition) is 3. The van der Waals surface area contributed by atoms with Crippen LogP contribution in [0.3, 0.4) is 0 Å². The van der Waals surface area contributed by atoms with Gasteiger partial charge in [-0.15, -0.1) is 0 Å². The van der Waals surface area contributed by atoms with Gasteiger partial charge in [0.25, 0.3) is 5.91 Å². The molecule has 0 bridgehead atoms. The number of carbonyl (C=O) groups excluding carboxylic acids is 1. The molecule has 0 radical (unpaired) electrons. The number of amides is 1. The van der Waals surface area contributed by atoms with E-state index in [1.807, 2.05) is 32.0 Å². The molecule has 94 valence electrons. The Morgan fingerprint density at radius 1 is 1.22 bits per heavy atom. The van der Waals surface area contributed by atoms with Crippen molar-refractivity contribution in [3.8, 4) is 0 Å². The number of benzene rings is 1. The molecule has 4 nitrogen and oxygen atoms in total. The molecule has 1 aromatic heterocycles. The Labute approximate surface area is 106 Å². The summed E-state index contributed by atoms with van der Waals surface area (Å²) in [5.41, 5.74) is 3.59. The lowest BCUT2D eigenvalue weighted by atomic mass is 10.1. The number of aryl methyl sites for hydroxylation is 4. The summed E-state index contributed by atoms with van der Waals surface area (Å²) in [6.45, 7) is 7.46. The minimum absolute atomic E-state index is 0.264. The van der Waals surface area contributed by atoms with Crippen LogP contribution in [-0.4, -0.2) is 10.9 Å². The van der Waals surface area contributed by atoms with Gasteiger partial charge in [-0.2, -0.15) is 0 Å². The molecule has 18 heavy (non-hydrogen) atoms. The SMILES string of the molecule is Cc1ccc(NC(=O)c2oc(C)nc2C)c(C)c1. The number of rotatable bonds is 2. The standard InChI is InChI=1S/C14H16N2O2/c1-8-5-6-12(9(2)7-8)16-14(17)13-10(3)15-11(4)18-13/h5-7H,1-4H3,(H,16,17). The fourth-order valence-electron chi connectivity index (χ4n) is 1.87. The van der Waals surface area contributed by atoms with Crippen LogP contribution in [-0.2, 0) is 0 Å². The number of anilines is 1. The summed E-state index contributed by atoms with van der Waals surface area (Å²) in [6, 6.07) is 5.87. The molecule has 0 atom stereocenters. The Morgan fingerprint density at radius 2 is 1.94 bits per heavy atom. The molecule has 1 N–H and O–H groups in total. The highest BCUT2D eigenvalue weighted by atomic mass is 16.4. The van der Waals surface area contributed by atoms with Gasteiger partial charge < -0.3 is 9.73 Å². The molecule has 4 heteroatoms. The zero-order valence-electron chi connectivity index (χ0n) is 11.0. The van der Waals surface area contributed by atoms with Crippen molar-refractivity contribution >= 4 is 11.6 Å². The highest BCUT2D eigenvalue weighted by Crippen LogP contribution is 2.18. The number of nitrogens with one attached hydrogen (secondary N) is 1. The number of hydrogen-bond donors (Lipinski definition) is 1. The average Bonchev–Trinajstić information content (AvgIpc) is 2.62. The normalized spacial score (nSPS) is 10.4. The van der Waals surface area contributed by atoms with Crippen molar-refractivity contribution in [2.75, 3.05) is 5.32 Å². The van der Waals surface area contributed by atoms with Gasteiger partial charge in [0.1, 0.15) is 0 Å². The zero-order valence-corrected chi connectivity index (χ0v) is 11.0. The Morgan fingerprint density at radius 3 is 2.50 bits per heavy atom. The minimum Gasteiger partial charge on any atom is -0.436 e. The van der Waals surface area contributed by atoms with Crippen molar-refractivity contribution < 1.29 is 9.21 Å². The van der Waals surface area contributed by atoms with E-state index in [9.17, 15) is 4.79 Å². The van der Waals surface area contributed by atoms with Crippen molar-refractivity contribution in [3.05, 3.63) is 46.7 Å². The summed E-state index contributed by atoms with van der Waals surface area (Å²) in [4.78, 5) is 16.1. The van der Waals surface area contributed by atoms with Crippen LogP contribution in [0.15, 0.2) is 22.6 Å². The summed E-state index contributed by atoms with van der Waals surface area (Å²) >= 11 is 0. The predicted molar refractivity (Wildman–Crippen MR) is 69.8 cm³/mol.